The van der Waals surface area contributed by atoms with Gasteiger partial charge in [0.25, 0.3) is 0 Å². The van der Waals surface area contributed by atoms with Crippen LogP contribution >= 0.6 is 0 Å². The van der Waals surface area contributed by atoms with Gasteiger partial charge in [-0.1, -0.05) is 18.2 Å². The van der Waals surface area contributed by atoms with Gasteiger partial charge in [0.2, 0.25) is 0 Å². The fourth-order valence-corrected chi connectivity index (χ4v) is 2.58. The standard InChI is InChI=1S/C12H12O2/c13-9-5-8-7-14-12-4-2-1-3-10(12)11(8)6-9/h1-4,8,11H,5-7H2. The first-order valence-electron chi connectivity index (χ1n) is 5.08. The van der Waals surface area contributed by atoms with Gasteiger partial charge in [-0.25, -0.2) is 0 Å². The maximum absolute atomic E-state index is 11.4. The molecule has 1 aliphatic carbocycles. The maximum Gasteiger partial charge on any atom is 0.133 e. The van der Waals surface area contributed by atoms with E-state index in [0.29, 0.717) is 37.1 Å². The molecule has 2 aliphatic rings. The molecule has 0 amide bonds. The molecule has 14 heavy (non-hydrogen) atoms. The molecule has 2 unspecified atom stereocenters. The van der Waals surface area contributed by atoms with Crippen LogP contribution in [0.4, 0.5) is 0 Å². The Morgan fingerprint density at radius 1 is 1.21 bits per heavy atom. The molecule has 0 bridgehead atoms. The number of carbonyl (C=O) groups is 1. The van der Waals surface area contributed by atoms with Crippen molar-refractivity contribution < 1.29 is 9.53 Å². The summed E-state index contributed by atoms with van der Waals surface area (Å²) in [7, 11) is 0. The normalized spacial score (nSPS) is 29.3. The van der Waals surface area contributed by atoms with Gasteiger partial charge in [-0.05, 0) is 11.6 Å². The first kappa shape index (κ1) is 8.04. The van der Waals surface area contributed by atoms with E-state index in [-0.39, 0.29) is 0 Å². The topological polar surface area (TPSA) is 26.3 Å². The number of para-hydroxylation sites is 1. The Bertz CT molecular complexity index is 384. The molecule has 1 aliphatic heterocycles. The van der Waals surface area contributed by atoms with Crippen LogP contribution in [0.1, 0.15) is 24.3 Å². The summed E-state index contributed by atoms with van der Waals surface area (Å²) < 4.78 is 5.63. The van der Waals surface area contributed by atoms with Crippen LogP contribution in [0.25, 0.3) is 0 Å². The summed E-state index contributed by atoms with van der Waals surface area (Å²) in [6, 6.07) is 8.09. The SMILES string of the molecule is O=C1CC2COc3ccccc3C2C1. The molecular formula is C12H12O2. The summed E-state index contributed by atoms with van der Waals surface area (Å²) in [5, 5.41) is 0. The van der Waals surface area contributed by atoms with Crippen LogP contribution in [0.3, 0.4) is 0 Å². The Kier molecular flexibility index (Phi) is 1.63. The lowest BCUT2D eigenvalue weighted by molar-refractivity contribution is -0.117. The van der Waals surface area contributed by atoms with Crippen molar-refractivity contribution in [2.75, 3.05) is 6.61 Å². The summed E-state index contributed by atoms with van der Waals surface area (Å²) in [5.41, 5.74) is 1.23. The van der Waals surface area contributed by atoms with E-state index in [1.54, 1.807) is 0 Å². The van der Waals surface area contributed by atoms with E-state index in [2.05, 4.69) is 6.07 Å². The second kappa shape index (κ2) is 2.84. The third kappa shape index (κ3) is 1.07. The van der Waals surface area contributed by atoms with Crippen LogP contribution in [0.15, 0.2) is 24.3 Å². The van der Waals surface area contributed by atoms with Gasteiger partial charge in [-0.3, -0.25) is 4.79 Å². The predicted molar refractivity (Wildman–Crippen MR) is 52.4 cm³/mol. The first-order chi connectivity index (χ1) is 6.84. The van der Waals surface area contributed by atoms with Gasteiger partial charge in [0.15, 0.2) is 0 Å². The zero-order chi connectivity index (χ0) is 9.54. The van der Waals surface area contributed by atoms with Gasteiger partial charge in [-0.2, -0.15) is 0 Å². The Labute approximate surface area is 82.9 Å². The van der Waals surface area contributed by atoms with Crippen molar-refractivity contribution in [2.24, 2.45) is 5.92 Å². The highest BCUT2D eigenvalue weighted by Gasteiger charge is 2.38. The quantitative estimate of drug-likeness (QED) is 0.623. The number of ether oxygens (including phenoxy) is 1. The van der Waals surface area contributed by atoms with E-state index in [1.807, 2.05) is 18.2 Å². The third-order valence-electron chi connectivity index (χ3n) is 3.28. The molecule has 0 saturated heterocycles. The molecule has 1 aromatic rings. The predicted octanol–water partition coefficient (Wildman–Crippen LogP) is 2.14. The zero-order valence-electron chi connectivity index (χ0n) is 7.90. The zero-order valence-corrected chi connectivity index (χ0v) is 7.90. The van der Waals surface area contributed by atoms with Crippen molar-refractivity contribution in [3.63, 3.8) is 0 Å². The van der Waals surface area contributed by atoms with Crippen molar-refractivity contribution in [2.45, 2.75) is 18.8 Å². The van der Waals surface area contributed by atoms with Crippen LogP contribution < -0.4 is 4.74 Å². The first-order valence-corrected chi connectivity index (χ1v) is 5.08. The van der Waals surface area contributed by atoms with Gasteiger partial charge >= 0.3 is 0 Å². The number of hydrogen-bond donors (Lipinski definition) is 0. The Morgan fingerprint density at radius 3 is 3.00 bits per heavy atom. The number of fused-ring (bicyclic) bond motifs is 3. The van der Waals surface area contributed by atoms with E-state index in [9.17, 15) is 4.79 Å². The van der Waals surface area contributed by atoms with Crippen LogP contribution in [0.2, 0.25) is 0 Å². The van der Waals surface area contributed by atoms with Gasteiger partial charge in [-0.15, -0.1) is 0 Å². The summed E-state index contributed by atoms with van der Waals surface area (Å²) in [5.74, 6) is 2.22. The Morgan fingerprint density at radius 2 is 2.07 bits per heavy atom. The summed E-state index contributed by atoms with van der Waals surface area (Å²) in [6.45, 7) is 0.716. The van der Waals surface area contributed by atoms with E-state index >= 15 is 0 Å². The molecule has 0 N–H and O–H groups in total. The monoisotopic (exact) mass is 188 g/mol. The van der Waals surface area contributed by atoms with Crippen molar-refractivity contribution in [1.82, 2.24) is 0 Å². The molecule has 0 radical (unpaired) electrons. The lowest BCUT2D eigenvalue weighted by atomic mass is 9.87. The minimum absolute atomic E-state index is 0.389. The van der Waals surface area contributed by atoms with E-state index in [1.165, 1.54) is 5.56 Å². The fourth-order valence-electron chi connectivity index (χ4n) is 2.58. The number of Topliss-reactive ketones (excluding diaryl/α,β-unsaturated/α-hetero) is 1. The van der Waals surface area contributed by atoms with Crippen LogP contribution in [0, 0.1) is 5.92 Å². The van der Waals surface area contributed by atoms with Gasteiger partial charge in [0, 0.05) is 24.7 Å². The number of ketones is 1. The van der Waals surface area contributed by atoms with Gasteiger partial charge in [0.1, 0.15) is 11.5 Å². The van der Waals surface area contributed by atoms with Crippen molar-refractivity contribution in [1.29, 1.82) is 0 Å². The molecule has 2 heteroatoms. The summed E-state index contributed by atoms with van der Waals surface area (Å²) in [6.07, 6.45) is 1.42. The van der Waals surface area contributed by atoms with Crippen molar-refractivity contribution in [3.05, 3.63) is 29.8 Å². The largest absolute Gasteiger partial charge is 0.493 e. The molecule has 1 heterocycles. The highest BCUT2D eigenvalue weighted by Crippen LogP contribution is 2.44. The number of rotatable bonds is 0. The second-order valence-electron chi connectivity index (χ2n) is 4.16. The molecule has 2 nitrogen and oxygen atoms in total. The van der Waals surface area contributed by atoms with Crippen LogP contribution in [0.5, 0.6) is 5.75 Å². The number of benzene rings is 1. The molecule has 0 aromatic heterocycles. The van der Waals surface area contributed by atoms with Crippen molar-refractivity contribution >= 4 is 5.78 Å². The summed E-state index contributed by atoms with van der Waals surface area (Å²) >= 11 is 0. The van der Waals surface area contributed by atoms with E-state index < -0.39 is 0 Å². The molecule has 0 spiro atoms. The molecular weight excluding hydrogens is 176 g/mol. The minimum atomic E-state index is 0.389. The van der Waals surface area contributed by atoms with Crippen LogP contribution in [-0.2, 0) is 4.79 Å². The van der Waals surface area contributed by atoms with E-state index in [0.717, 1.165) is 5.75 Å². The number of hydrogen-bond acceptors (Lipinski definition) is 2. The maximum atomic E-state index is 11.4. The molecule has 3 rings (SSSR count). The van der Waals surface area contributed by atoms with Gasteiger partial charge in [0.05, 0.1) is 6.61 Å². The molecule has 72 valence electrons. The van der Waals surface area contributed by atoms with Crippen LogP contribution in [-0.4, -0.2) is 12.4 Å². The summed E-state index contributed by atoms with van der Waals surface area (Å²) in [4.78, 5) is 11.4. The second-order valence-corrected chi connectivity index (χ2v) is 4.16. The lowest BCUT2D eigenvalue weighted by Crippen LogP contribution is -2.21. The van der Waals surface area contributed by atoms with Gasteiger partial charge < -0.3 is 4.74 Å². The number of carbonyl (C=O) groups excluding carboxylic acids is 1. The lowest BCUT2D eigenvalue weighted by Gasteiger charge is -2.27. The average Bonchev–Trinajstić information content (AvgIpc) is 2.59. The highest BCUT2D eigenvalue weighted by molar-refractivity contribution is 5.82. The molecule has 1 fully saturated rings. The smallest absolute Gasteiger partial charge is 0.133 e. The molecule has 1 saturated carbocycles. The van der Waals surface area contributed by atoms with E-state index in [4.69, 9.17) is 4.74 Å². The molecule has 1 aromatic carbocycles. The fraction of sp³-hybridized carbons (Fsp3) is 0.417. The minimum Gasteiger partial charge on any atom is -0.493 e. The Balaban J connectivity index is 2.05. The van der Waals surface area contributed by atoms with Crippen molar-refractivity contribution in [3.8, 4) is 5.75 Å². The average molecular weight is 188 g/mol. The highest BCUT2D eigenvalue weighted by atomic mass is 16.5. The third-order valence-corrected chi connectivity index (χ3v) is 3.28. The Hall–Kier alpha value is -1.31. The molecule has 2 atom stereocenters.